The molecule has 1 saturated carbocycles. The van der Waals surface area contributed by atoms with Gasteiger partial charge in [0.15, 0.2) is 0 Å². The van der Waals surface area contributed by atoms with Gasteiger partial charge in [-0.1, -0.05) is 12.8 Å². The van der Waals surface area contributed by atoms with Crippen molar-refractivity contribution in [1.29, 1.82) is 0 Å². The Kier molecular flexibility index (Phi) is 4.67. The highest BCUT2D eigenvalue weighted by molar-refractivity contribution is 7.90. The second-order valence-electron chi connectivity index (χ2n) is 5.72. The lowest BCUT2D eigenvalue weighted by atomic mass is 10.1. The van der Waals surface area contributed by atoms with E-state index in [9.17, 15) is 18.0 Å². The quantitative estimate of drug-likeness (QED) is 0.734. The van der Waals surface area contributed by atoms with Crippen LogP contribution in [0.3, 0.4) is 0 Å². The Morgan fingerprint density at radius 3 is 2.45 bits per heavy atom. The van der Waals surface area contributed by atoms with Gasteiger partial charge in [-0.05, 0) is 12.8 Å². The van der Waals surface area contributed by atoms with Crippen molar-refractivity contribution in [3.05, 3.63) is 0 Å². The molecule has 0 atom stereocenters. The molecule has 0 aromatic heterocycles. The topological polar surface area (TPSA) is 74.8 Å². The number of nitrogens with zero attached hydrogens (tertiary/aromatic N) is 2. The molecule has 0 spiro atoms. The van der Waals surface area contributed by atoms with Gasteiger partial charge in [0.05, 0.1) is 12.3 Å². The van der Waals surface area contributed by atoms with Crippen molar-refractivity contribution in [1.82, 2.24) is 9.80 Å². The van der Waals surface area contributed by atoms with Crippen LogP contribution in [0.15, 0.2) is 0 Å². The Labute approximate surface area is 120 Å². The minimum Gasteiger partial charge on any atom is -0.336 e. The molecular formula is C13H22N2O4S. The minimum atomic E-state index is -3.14. The summed E-state index contributed by atoms with van der Waals surface area (Å²) in [5.41, 5.74) is 0. The Morgan fingerprint density at radius 2 is 1.90 bits per heavy atom. The predicted molar refractivity (Wildman–Crippen MR) is 74.9 cm³/mol. The highest BCUT2D eigenvalue weighted by Gasteiger charge is 2.32. The van der Waals surface area contributed by atoms with Gasteiger partial charge in [-0.25, -0.2) is 8.42 Å². The fourth-order valence-corrected chi connectivity index (χ4v) is 3.48. The van der Waals surface area contributed by atoms with E-state index in [1.54, 1.807) is 0 Å². The van der Waals surface area contributed by atoms with Gasteiger partial charge in [-0.2, -0.15) is 0 Å². The van der Waals surface area contributed by atoms with E-state index in [0.29, 0.717) is 19.1 Å². The lowest BCUT2D eigenvalue weighted by Gasteiger charge is -2.37. The molecule has 2 amide bonds. The standard InChI is InChI=1S/C13H22N2O4S/c1-20(18,19)9-6-12(16)14-7-8-15(13(17)10-14)11-4-2-3-5-11/h11H,2-10H2,1H3. The summed E-state index contributed by atoms with van der Waals surface area (Å²) < 4.78 is 22.1. The van der Waals surface area contributed by atoms with Crippen molar-refractivity contribution in [2.24, 2.45) is 0 Å². The highest BCUT2D eigenvalue weighted by Crippen LogP contribution is 2.24. The molecule has 7 heteroatoms. The summed E-state index contributed by atoms with van der Waals surface area (Å²) in [6.45, 7) is 1.19. The molecule has 1 heterocycles. The molecule has 0 unspecified atom stereocenters. The summed E-state index contributed by atoms with van der Waals surface area (Å²) >= 11 is 0. The van der Waals surface area contributed by atoms with Crippen LogP contribution >= 0.6 is 0 Å². The molecule has 2 aliphatic rings. The molecule has 20 heavy (non-hydrogen) atoms. The monoisotopic (exact) mass is 302 g/mol. The fourth-order valence-electron chi connectivity index (χ4n) is 2.93. The molecule has 1 saturated heterocycles. The highest BCUT2D eigenvalue weighted by atomic mass is 32.2. The zero-order chi connectivity index (χ0) is 14.8. The normalized spacial score (nSPS) is 21.6. The molecule has 1 aliphatic heterocycles. The largest absolute Gasteiger partial charge is 0.336 e. The Bertz CT molecular complexity index is 483. The van der Waals surface area contributed by atoms with Crippen LogP contribution in [-0.4, -0.2) is 67.7 Å². The van der Waals surface area contributed by atoms with Crippen molar-refractivity contribution in [2.75, 3.05) is 31.6 Å². The maximum Gasteiger partial charge on any atom is 0.242 e. The predicted octanol–water partition coefficient (Wildman–Crippen LogP) is 0.0345. The summed E-state index contributed by atoms with van der Waals surface area (Å²) in [7, 11) is -3.14. The molecular weight excluding hydrogens is 280 g/mol. The third-order valence-corrected chi connectivity index (χ3v) is 5.01. The van der Waals surface area contributed by atoms with Crippen LogP contribution in [0.2, 0.25) is 0 Å². The van der Waals surface area contributed by atoms with Gasteiger partial charge < -0.3 is 9.80 Å². The number of piperazine rings is 1. The SMILES string of the molecule is CS(=O)(=O)CCC(=O)N1CCN(C2CCCC2)C(=O)C1. The second kappa shape index (κ2) is 6.11. The first kappa shape index (κ1) is 15.3. The minimum absolute atomic E-state index is 0.00384. The van der Waals surface area contributed by atoms with Gasteiger partial charge in [0.2, 0.25) is 11.8 Å². The number of hydrogen-bond donors (Lipinski definition) is 0. The summed E-state index contributed by atoms with van der Waals surface area (Å²) in [5.74, 6) is -0.395. The van der Waals surface area contributed by atoms with E-state index in [1.165, 1.54) is 17.7 Å². The molecule has 0 radical (unpaired) electrons. The zero-order valence-corrected chi connectivity index (χ0v) is 12.7. The Balaban J connectivity index is 1.85. The smallest absolute Gasteiger partial charge is 0.242 e. The van der Waals surface area contributed by atoms with Gasteiger partial charge in [0.1, 0.15) is 9.84 Å². The lowest BCUT2D eigenvalue weighted by Crippen LogP contribution is -2.55. The van der Waals surface area contributed by atoms with Crippen molar-refractivity contribution >= 4 is 21.7 Å². The molecule has 2 fully saturated rings. The third-order valence-electron chi connectivity index (χ3n) is 4.06. The van der Waals surface area contributed by atoms with E-state index in [0.717, 1.165) is 19.1 Å². The number of sulfone groups is 1. The van der Waals surface area contributed by atoms with Crippen LogP contribution in [0.4, 0.5) is 0 Å². The molecule has 0 bridgehead atoms. The maximum atomic E-state index is 12.1. The summed E-state index contributed by atoms with van der Waals surface area (Å²) in [5, 5.41) is 0. The van der Waals surface area contributed by atoms with Gasteiger partial charge in [0.25, 0.3) is 0 Å². The van der Waals surface area contributed by atoms with Gasteiger partial charge in [-0.3, -0.25) is 9.59 Å². The summed E-state index contributed by atoms with van der Waals surface area (Å²) in [6.07, 6.45) is 5.55. The first-order valence-corrected chi connectivity index (χ1v) is 9.18. The third kappa shape index (κ3) is 3.94. The Hall–Kier alpha value is -1.11. The number of carbonyl (C=O) groups is 2. The van der Waals surface area contributed by atoms with Crippen molar-refractivity contribution in [2.45, 2.75) is 38.1 Å². The van der Waals surface area contributed by atoms with Crippen LogP contribution < -0.4 is 0 Å². The molecule has 114 valence electrons. The van der Waals surface area contributed by atoms with E-state index < -0.39 is 9.84 Å². The number of rotatable bonds is 4. The first-order valence-electron chi connectivity index (χ1n) is 7.12. The van der Waals surface area contributed by atoms with E-state index in [2.05, 4.69) is 0 Å². The zero-order valence-electron chi connectivity index (χ0n) is 11.9. The number of amides is 2. The van der Waals surface area contributed by atoms with E-state index >= 15 is 0 Å². The average Bonchev–Trinajstić information content (AvgIpc) is 2.88. The molecule has 6 nitrogen and oxygen atoms in total. The number of hydrogen-bond acceptors (Lipinski definition) is 4. The summed E-state index contributed by atoms with van der Waals surface area (Å²) in [4.78, 5) is 27.4. The van der Waals surface area contributed by atoms with Gasteiger partial charge >= 0.3 is 0 Å². The summed E-state index contributed by atoms with van der Waals surface area (Å²) in [6, 6.07) is 0.343. The molecule has 0 aromatic rings. The fraction of sp³-hybridized carbons (Fsp3) is 0.846. The first-order chi connectivity index (χ1) is 9.37. The van der Waals surface area contributed by atoms with Crippen LogP contribution in [0.5, 0.6) is 0 Å². The van der Waals surface area contributed by atoms with Crippen LogP contribution in [-0.2, 0) is 19.4 Å². The molecule has 0 N–H and O–H groups in total. The van der Waals surface area contributed by atoms with E-state index in [-0.39, 0.29) is 30.5 Å². The molecule has 1 aliphatic carbocycles. The number of carbonyl (C=O) groups excluding carboxylic acids is 2. The van der Waals surface area contributed by atoms with Gasteiger partial charge in [-0.15, -0.1) is 0 Å². The second-order valence-corrected chi connectivity index (χ2v) is 7.98. The van der Waals surface area contributed by atoms with Crippen molar-refractivity contribution < 1.29 is 18.0 Å². The average molecular weight is 302 g/mol. The van der Waals surface area contributed by atoms with Gasteiger partial charge in [0, 0.05) is 31.8 Å². The van der Waals surface area contributed by atoms with Crippen LogP contribution in [0.25, 0.3) is 0 Å². The lowest BCUT2D eigenvalue weighted by molar-refractivity contribution is -0.146. The van der Waals surface area contributed by atoms with E-state index in [4.69, 9.17) is 0 Å². The maximum absolute atomic E-state index is 12.1. The van der Waals surface area contributed by atoms with Crippen molar-refractivity contribution in [3.8, 4) is 0 Å². The molecule has 0 aromatic carbocycles. The molecule has 2 rings (SSSR count). The van der Waals surface area contributed by atoms with Crippen molar-refractivity contribution in [3.63, 3.8) is 0 Å². The van der Waals surface area contributed by atoms with Crippen LogP contribution in [0, 0.1) is 0 Å². The Morgan fingerprint density at radius 1 is 1.25 bits per heavy atom. The van der Waals surface area contributed by atoms with E-state index in [1.807, 2.05) is 4.90 Å². The van der Waals surface area contributed by atoms with Crippen LogP contribution in [0.1, 0.15) is 32.1 Å².